The molecule has 0 aliphatic carbocycles. The van der Waals surface area contributed by atoms with E-state index >= 15 is 0 Å². The molecule has 3 nitrogen and oxygen atoms in total. The highest BCUT2D eigenvalue weighted by molar-refractivity contribution is 9.10. The second-order valence-corrected chi connectivity index (χ2v) is 7.72. The fourth-order valence-electron chi connectivity index (χ4n) is 3.39. The van der Waals surface area contributed by atoms with Crippen LogP contribution in [0.2, 0.25) is 0 Å². The molecule has 29 heavy (non-hydrogen) atoms. The monoisotopic (exact) mass is 448 g/mol. The molecule has 5 heteroatoms. The molecule has 0 saturated heterocycles. The van der Waals surface area contributed by atoms with Gasteiger partial charge in [0, 0.05) is 17.1 Å². The average Bonchev–Trinajstić information content (AvgIpc) is 2.72. The number of para-hydroxylation sites is 1. The van der Waals surface area contributed by atoms with Crippen molar-refractivity contribution in [1.29, 1.82) is 0 Å². The Bertz CT molecular complexity index is 1310. The van der Waals surface area contributed by atoms with Crippen LogP contribution in [0.5, 0.6) is 0 Å². The van der Waals surface area contributed by atoms with E-state index in [0.29, 0.717) is 28.6 Å². The van der Waals surface area contributed by atoms with Crippen LogP contribution in [0.1, 0.15) is 22.4 Å². The van der Waals surface area contributed by atoms with Gasteiger partial charge in [0.15, 0.2) is 5.43 Å². The first-order chi connectivity index (χ1) is 13.9. The van der Waals surface area contributed by atoms with Gasteiger partial charge in [-0.25, -0.2) is 9.37 Å². The summed E-state index contributed by atoms with van der Waals surface area (Å²) in [5.74, 6) is -0.279. The lowest BCUT2D eigenvalue weighted by Crippen LogP contribution is -2.15. The molecule has 0 amide bonds. The molecule has 2 aromatic heterocycles. The van der Waals surface area contributed by atoms with Crippen LogP contribution in [0.4, 0.5) is 4.39 Å². The van der Waals surface area contributed by atoms with Crippen LogP contribution in [0.3, 0.4) is 0 Å². The Labute approximate surface area is 176 Å². The lowest BCUT2D eigenvalue weighted by Gasteiger charge is -2.15. The van der Waals surface area contributed by atoms with Crippen molar-refractivity contribution in [3.05, 3.63) is 116 Å². The van der Waals surface area contributed by atoms with E-state index in [2.05, 4.69) is 27.5 Å². The smallest absolute Gasteiger partial charge is 0.197 e. The predicted molar refractivity (Wildman–Crippen MR) is 119 cm³/mol. The Morgan fingerprint density at radius 2 is 1.93 bits per heavy atom. The first-order valence-electron chi connectivity index (χ1n) is 9.13. The summed E-state index contributed by atoms with van der Waals surface area (Å²) in [6, 6.07) is 18.0. The molecular weight excluding hydrogens is 431 g/mol. The van der Waals surface area contributed by atoms with Crippen LogP contribution in [-0.4, -0.2) is 9.55 Å². The number of aryl methyl sites for hydroxylation is 1. The highest BCUT2D eigenvalue weighted by atomic mass is 79.9. The van der Waals surface area contributed by atoms with Crippen LogP contribution in [0.15, 0.2) is 82.8 Å². The van der Waals surface area contributed by atoms with Gasteiger partial charge in [-0.05, 0) is 76.0 Å². The molecule has 0 aliphatic heterocycles. The van der Waals surface area contributed by atoms with Gasteiger partial charge in [-0.3, -0.25) is 4.79 Å². The van der Waals surface area contributed by atoms with E-state index in [4.69, 9.17) is 0 Å². The number of hydrogen-bond donors (Lipinski definition) is 0. The van der Waals surface area contributed by atoms with Gasteiger partial charge >= 0.3 is 0 Å². The van der Waals surface area contributed by atoms with Gasteiger partial charge in [-0.2, -0.15) is 0 Å². The number of pyridine rings is 2. The van der Waals surface area contributed by atoms with Gasteiger partial charge in [0.25, 0.3) is 0 Å². The van der Waals surface area contributed by atoms with E-state index < -0.39 is 0 Å². The highest BCUT2D eigenvalue weighted by Crippen LogP contribution is 2.24. The summed E-state index contributed by atoms with van der Waals surface area (Å²) in [7, 11) is 0. The third kappa shape index (κ3) is 3.78. The van der Waals surface area contributed by atoms with E-state index in [9.17, 15) is 9.18 Å². The topological polar surface area (TPSA) is 34.9 Å². The second-order valence-electron chi connectivity index (χ2n) is 6.91. The van der Waals surface area contributed by atoms with Crippen LogP contribution in [-0.2, 0) is 6.54 Å². The van der Waals surface area contributed by atoms with E-state index in [1.165, 1.54) is 6.07 Å². The summed E-state index contributed by atoms with van der Waals surface area (Å²) < 4.78 is 16.4. The van der Waals surface area contributed by atoms with Crippen molar-refractivity contribution in [1.82, 2.24) is 9.55 Å². The predicted octanol–water partition coefficient (Wildman–Crippen LogP) is 5.72. The molecule has 0 atom stereocenters. The molecule has 0 fully saturated rings. The van der Waals surface area contributed by atoms with Crippen molar-refractivity contribution in [2.24, 2.45) is 0 Å². The van der Waals surface area contributed by atoms with E-state index in [-0.39, 0.29) is 11.2 Å². The van der Waals surface area contributed by atoms with E-state index in [1.54, 1.807) is 19.1 Å². The van der Waals surface area contributed by atoms with Crippen LogP contribution in [0.25, 0.3) is 16.5 Å². The molecule has 0 N–H and O–H groups in total. The van der Waals surface area contributed by atoms with Crippen LogP contribution in [0, 0.1) is 12.7 Å². The van der Waals surface area contributed by atoms with Crippen molar-refractivity contribution in [2.75, 3.05) is 0 Å². The number of nitrogens with zero attached hydrogens (tertiary/aromatic N) is 2. The lowest BCUT2D eigenvalue weighted by atomic mass is 9.97. The maximum absolute atomic E-state index is 13.7. The average molecular weight is 449 g/mol. The molecule has 0 radical (unpaired) electrons. The van der Waals surface area contributed by atoms with Crippen molar-refractivity contribution in [3.63, 3.8) is 0 Å². The maximum atomic E-state index is 13.7. The number of aromatic nitrogens is 2. The normalized spacial score (nSPS) is 11.0. The standard InChI is InChI=1S/C24H18BrFN2O/c1-15-12-17(10-11-21(15)26)16(2)20-14-28(13-18-6-5-9-23(25)27-18)22-8-4-3-7-19(22)24(20)29/h3-12,14H,2,13H2,1H3. The summed E-state index contributed by atoms with van der Waals surface area (Å²) in [5.41, 5.74) is 3.90. The van der Waals surface area contributed by atoms with Gasteiger partial charge in [-0.1, -0.05) is 30.8 Å². The quantitative estimate of drug-likeness (QED) is 0.374. The van der Waals surface area contributed by atoms with Crippen LogP contribution < -0.4 is 5.43 Å². The first kappa shape index (κ1) is 19.3. The van der Waals surface area contributed by atoms with Gasteiger partial charge in [0.05, 0.1) is 17.8 Å². The highest BCUT2D eigenvalue weighted by Gasteiger charge is 2.14. The van der Waals surface area contributed by atoms with E-state index in [0.717, 1.165) is 21.4 Å². The fraction of sp³-hybridized carbons (Fsp3) is 0.0833. The molecule has 4 rings (SSSR count). The Morgan fingerprint density at radius 1 is 1.14 bits per heavy atom. The largest absolute Gasteiger partial charge is 0.341 e. The Kier molecular flexibility index (Phi) is 5.16. The summed E-state index contributed by atoms with van der Waals surface area (Å²) in [6.45, 7) is 6.34. The zero-order valence-electron chi connectivity index (χ0n) is 15.8. The molecule has 0 spiro atoms. The van der Waals surface area contributed by atoms with Crippen molar-refractivity contribution in [3.8, 4) is 0 Å². The number of fused-ring (bicyclic) bond motifs is 1. The summed E-state index contributed by atoms with van der Waals surface area (Å²) in [5, 5.41) is 0.611. The molecule has 0 unspecified atom stereocenters. The fourth-order valence-corrected chi connectivity index (χ4v) is 3.77. The maximum Gasteiger partial charge on any atom is 0.197 e. The Hall–Kier alpha value is -3.05. The second kappa shape index (κ2) is 7.76. The third-order valence-corrected chi connectivity index (χ3v) is 5.37. The molecular formula is C24H18BrFN2O. The van der Waals surface area contributed by atoms with Crippen molar-refractivity contribution in [2.45, 2.75) is 13.5 Å². The van der Waals surface area contributed by atoms with Gasteiger partial charge in [-0.15, -0.1) is 0 Å². The minimum Gasteiger partial charge on any atom is -0.341 e. The first-order valence-corrected chi connectivity index (χ1v) is 9.93. The molecule has 144 valence electrons. The summed E-state index contributed by atoms with van der Waals surface area (Å²) in [6.07, 6.45) is 1.81. The lowest BCUT2D eigenvalue weighted by molar-refractivity contribution is 0.618. The van der Waals surface area contributed by atoms with Crippen molar-refractivity contribution >= 4 is 32.4 Å². The minimum atomic E-state index is -0.279. The molecule has 4 aromatic rings. The van der Waals surface area contributed by atoms with Crippen LogP contribution >= 0.6 is 15.9 Å². The minimum absolute atomic E-state index is 0.0916. The molecule has 0 aliphatic rings. The summed E-state index contributed by atoms with van der Waals surface area (Å²) >= 11 is 3.40. The molecule has 0 saturated carbocycles. The third-order valence-electron chi connectivity index (χ3n) is 4.92. The zero-order valence-corrected chi connectivity index (χ0v) is 17.4. The summed E-state index contributed by atoms with van der Waals surface area (Å²) in [4.78, 5) is 17.7. The number of rotatable bonds is 4. The van der Waals surface area contributed by atoms with Gasteiger partial charge < -0.3 is 4.57 Å². The van der Waals surface area contributed by atoms with Crippen molar-refractivity contribution < 1.29 is 4.39 Å². The molecule has 2 aromatic carbocycles. The number of hydrogen-bond acceptors (Lipinski definition) is 2. The number of benzene rings is 2. The van der Waals surface area contributed by atoms with Gasteiger partial charge in [0.2, 0.25) is 0 Å². The number of halogens is 2. The Balaban J connectivity index is 1.88. The zero-order chi connectivity index (χ0) is 20.5. The van der Waals surface area contributed by atoms with E-state index in [1.807, 2.05) is 53.2 Å². The Morgan fingerprint density at radius 3 is 2.69 bits per heavy atom. The molecule has 0 bridgehead atoms. The molecule has 2 heterocycles. The SMILES string of the molecule is C=C(c1ccc(F)c(C)c1)c1cn(Cc2cccc(Br)n2)c2ccccc2c1=O. The van der Waals surface area contributed by atoms with Gasteiger partial charge in [0.1, 0.15) is 10.4 Å².